The highest BCUT2D eigenvalue weighted by molar-refractivity contribution is 7.89. The summed E-state index contributed by atoms with van der Waals surface area (Å²) in [5, 5.41) is 3.68. The first-order valence-electron chi connectivity index (χ1n) is 10.8. The molecular weight excluding hydrogens is 472 g/mol. The van der Waals surface area contributed by atoms with Crippen LogP contribution in [-0.2, 0) is 14.8 Å². The first-order chi connectivity index (χ1) is 16.3. The average molecular weight is 497 g/mol. The molecule has 2 aromatic carbocycles. The van der Waals surface area contributed by atoms with Crippen LogP contribution in [0.4, 0.5) is 16.6 Å². The molecule has 34 heavy (non-hydrogen) atoms. The lowest BCUT2D eigenvalue weighted by atomic mass is 10.0. The minimum atomic E-state index is -3.56. The van der Waals surface area contributed by atoms with E-state index in [1.807, 2.05) is 32.0 Å². The maximum Gasteiger partial charge on any atom is 0.243 e. The van der Waals surface area contributed by atoms with Crippen LogP contribution in [0.3, 0.4) is 0 Å². The molecule has 1 fully saturated rings. The monoisotopic (exact) mass is 496 g/mol. The van der Waals surface area contributed by atoms with E-state index in [0.29, 0.717) is 59.1 Å². The molecule has 5 rings (SSSR count). The van der Waals surface area contributed by atoms with Crippen LogP contribution in [0.5, 0.6) is 0 Å². The summed E-state index contributed by atoms with van der Waals surface area (Å²) < 4.78 is 32.5. The van der Waals surface area contributed by atoms with Gasteiger partial charge in [0.15, 0.2) is 21.6 Å². The zero-order valence-electron chi connectivity index (χ0n) is 18.8. The molecule has 1 saturated heterocycles. The fraction of sp³-hybridized carbons (Fsp3) is 0.261. The first-order valence-corrected chi connectivity index (χ1v) is 13.0. The molecule has 2 aromatic heterocycles. The number of nitrogens with two attached hydrogens (primary N) is 1. The lowest BCUT2D eigenvalue weighted by Gasteiger charge is -2.26. The predicted molar refractivity (Wildman–Crippen MR) is 134 cm³/mol. The summed E-state index contributed by atoms with van der Waals surface area (Å²) in [5.41, 5.74) is 10.3. The van der Waals surface area contributed by atoms with Gasteiger partial charge in [0, 0.05) is 24.3 Å². The van der Waals surface area contributed by atoms with Crippen molar-refractivity contribution in [3.05, 3.63) is 53.6 Å². The number of aromatic nitrogens is 3. The molecule has 0 aliphatic carbocycles. The second kappa shape index (κ2) is 8.91. The molecule has 0 saturated carbocycles. The van der Waals surface area contributed by atoms with Crippen molar-refractivity contribution in [3.8, 4) is 11.4 Å². The molecule has 11 heteroatoms. The van der Waals surface area contributed by atoms with Crippen LogP contribution in [0, 0.1) is 13.8 Å². The van der Waals surface area contributed by atoms with E-state index in [1.54, 1.807) is 24.3 Å². The number of hydrogen-bond acceptors (Lipinski definition) is 9. The number of fused-ring (bicyclic) bond motifs is 1. The summed E-state index contributed by atoms with van der Waals surface area (Å²) >= 11 is 1.30. The molecule has 0 amide bonds. The minimum Gasteiger partial charge on any atom is -0.379 e. The SMILES string of the molecule is Cc1cccc(C)c1-c1nc(Nc2ccc(S(=O)(=O)N3CCOCC3)cc2)c2nc(N)sc2n1. The molecule has 0 radical (unpaired) electrons. The van der Waals surface area contributed by atoms with Crippen molar-refractivity contribution in [1.29, 1.82) is 0 Å². The number of ether oxygens (including phenoxy) is 1. The quantitative estimate of drug-likeness (QED) is 0.429. The average Bonchev–Trinajstić information content (AvgIpc) is 3.20. The number of nitrogens with one attached hydrogen (secondary N) is 1. The second-order valence-corrected chi connectivity index (χ2v) is 11.0. The Labute approximate surface area is 201 Å². The third-order valence-corrected chi connectivity index (χ3v) is 8.40. The number of nitrogen functional groups attached to an aromatic ring is 1. The van der Waals surface area contributed by atoms with Crippen LogP contribution in [-0.4, -0.2) is 54.0 Å². The second-order valence-electron chi connectivity index (χ2n) is 8.03. The van der Waals surface area contributed by atoms with E-state index in [4.69, 9.17) is 20.4 Å². The highest BCUT2D eigenvalue weighted by Gasteiger charge is 2.26. The maximum atomic E-state index is 12.9. The first kappa shape index (κ1) is 22.7. The van der Waals surface area contributed by atoms with Crippen molar-refractivity contribution in [3.63, 3.8) is 0 Å². The highest BCUT2D eigenvalue weighted by Crippen LogP contribution is 2.33. The van der Waals surface area contributed by atoms with Crippen molar-refractivity contribution in [2.24, 2.45) is 0 Å². The van der Waals surface area contributed by atoms with Gasteiger partial charge in [-0.15, -0.1) is 0 Å². The molecule has 0 bridgehead atoms. The molecule has 4 aromatic rings. The number of hydrogen-bond donors (Lipinski definition) is 2. The summed E-state index contributed by atoms with van der Waals surface area (Å²) in [5.74, 6) is 1.10. The van der Waals surface area contributed by atoms with E-state index in [1.165, 1.54) is 15.6 Å². The Balaban J connectivity index is 1.50. The number of anilines is 3. The van der Waals surface area contributed by atoms with Crippen LogP contribution < -0.4 is 11.1 Å². The van der Waals surface area contributed by atoms with Gasteiger partial charge in [0.1, 0.15) is 5.52 Å². The highest BCUT2D eigenvalue weighted by atomic mass is 32.2. The third-order valence-electron chi connectivity index (χ3n) is 5.70. The number of rotatable bonds is 5. The van der Waals surface area contributed by atoms with Crippen LogP contribution >= 0.6 is 11.3 Å². The Morgan fingerprint density at radius 2 is 1.68 bits per heavy atom. The zero-order chi connectivity index (χ0) is 23.9. The van der Waals surface area contributed by atoms with Gasteiger partial charge in [0.05, 0.1) is 18.1 Å². The molecule has 9 nitrogen and oxygen atoms in total. The Morgan fingerprint density at radius 1 is 1.00 bits per heavy atom. The van der Waals surface area contributed by atoms with Gasteiger partial charge in [0.25, 0.3) is 0 Å². The van der Waals surface area contributed by atoms with E-state index in [-0.39, 0.29) is 4.90 Å². The maximum absolute atomic E-state index is 12.9. The molecule has 1 aliphatic rings. The largest absolute Gasteiger partial charge is 0.379 e. The van der Waals surface area contributed by atoms with Crippen molar-refractivity contribution in [2.45, 2.75) is 18.7 Å². The van der Waals surface area contributed by atoms with E-state index < -0.39 is 10.0 Å². The van der Waals surface area contributed by atoms with Gasteiger partial charge in [0.2, 0.25) is 10.0 Å². The van der Waals surface area contributed by atoms with Gasteiger partial charge in [-0.1, -0.05) is 29.5 Å². The molecule has 3 N–H and O–H groups in total. The lowest BCUT2D eigenvalue weighted by Crippen LogP contribution is -2.40. The Morgan fingerprint density at radius 3 is 2.35 bits per heavy atom. The normalized spacial score (nSPS) is 15.0. The number of sulfonamides is 1. The van der Waals surface area contributed by atoms with Crippen LogP contribution in [0.2, 0.25) is 0 Å². The van der Waals surface area contributed by atoms with E-state index in [2.05, 4.69) is 10.3 Å². The molecule has 0 atom stereocenters. The van der Waals surface area contributed by atoms with Crippen LogP contribution in [0.25, 0.3) is 21.7 Å². The van der Waals surface area contributed by atoms with Gasteiger partial charge in [-0.25, -0.2) is 23.4 Å². The van der Waals surface area contributed by atoms with E-state index in [9.17, 15) is 8.42 Å². The number of nitrogens with zero attached hydrogens (tertiary/aromatic N) is 4. The van der Waals surface area contributed by atoms with Gasteiger partial charge in [-0.3, -0.25) is 0 Å². The Kier molecular flexibility index (Phi) is 5.94. The molecular formula is C23H24N6O3S2. The van der Waals surface area contributed by atoms with Crippen molar-refractivity contribution >= 4 is 48.3 Å². The summed E-state index contributed by atoms with van der Waals surface area (Å²) in [6, 6.07) is 12.7. The van der Waals surface area contributed by atoms with Gasteiger partial charge in [-0.2, -0.15) is 4.31 Å². The van der Waals surface area contributed by atoms with Crippen molar-refractivity contribution in [2.75, 3.05) is 37.4 Å². The number of morpholine rings is 1. The lowest BCUT2D eigenvalue weighted by molar-refractivity contribution is 0.0730. The third kappa shape index (κ3) is 4.23. The van der Waals surface area contributed by atoms with E-state index in [0.717, 1.165) is 16.7 Å². The van der Waals surface area contributed by atoms with Crippen molar-refractivity contribution < 1.29 is 13.2 Å². The summed E-state index contributed by atoms with van der Waals surface area (Å²) in [6.07, 6.45) is 0. The summed E-state index contributed by atoms with van der Waals surface area (Å²) in [6.45, 7) is 5.57. The number of benzene rings is 2. The van der Waals surface area contributed by atoms with Gasteiger partial charge < -0.3 is 15.8 Å². The van der Waals surface area contributed by atoms with Gasteiger partial charge in [-0.05, 0) is 49.2 Å². The minimum absolute atomic E-state index is 0.238. The summed E-state index contributed by atoms with van der Waals surface area (Å²) in [7, 11) is -3.56. The predicted octanol–water partition coefficient (Wildman–Crippen LogP) is 3.72. The number of aryl methyl sites for hydroxylation is 2. The topological polar surface area (TPSA) is 123 Å². The smallest absolute Gasteiger partial charge is 0.243 e. The molecule has 1 aliphatic heterocycles. The van der Waals surface area contributed by atoms with Crippen molar-refractivity contribution in [1.82, 2.24) is 19.3 Å². The summed E-state index contributed by atoms with van der Waals surface area (Å²) in [4.78, 5) is 14.8. The van der Waals surface area contributed by atoms with Crippen LogP contribution in [0.1, 0.15) is 11.1 Å². The standard InChI is InChI=1S/C23H24N6O3S2/c1-14-4-3-5-15(2)18(14)20-27-21(19-22(28-20)33-23(24)26-19)25-16-6-8-17(9-7-16)34(30,31)29-10-12-32-13-11-29/h3-9H,10-13H2,1-2H3,(H2,24,26)(H,25,27,28). The number of thiazole rings is 1. The Bertz CT molecular complexity index is 1440. The van der Waals surface area contributed by atoms with Gasteiger partial charge >= 0.3 is 0 Å². The fourth-order valence-electron chi connectivity index (χ4n) is 3.99. The zero-order valence-corrected chi connectivity index (χ0v) is 20.4. The fourth-order valence-corrected chi connectivity index (χ4v) is 6.10. The van der Waals surface area contributed by atoms with Crippen LogP contribution in [0.15, 0.2) is 47.4 Å². The molecule has 0 spiro atoms. The Hall–Kier alpha value is -3.12. The molecule has 3 heterocycles. The van der Waals surface area contributed by atoms with E-state index >= 15 is 0 Å². The molecule has 0 unspecified atom stereocenters. The molecule has 176 valence electrons.